The minimum absolute atomic E-state index is 0.191. The van der Waals surface area contributed by atoms with Gasteiger partial charge < -0.3 is 14.7 Å². The van der Waals surface area contributed by atoms with Crippen molar-refractivity contribution in [2.45, 2.75) is 38.9 Å². The molecule has 0 spiro atoms. The minimum Gasteiger partial charge on any atom is -0.389 e. The summed E-state index contributed by atoms with van der Waals surface area (Å²) in [4.78, 5) is 2.14. The van der Waals surface area contributed by atoms with E-state index in [1.54, 1.807) is 0 Å². The predicted octanol–water partition coefficient (Wildman–Crippen LogP) is 2.34. The van der Waals surface area contributed by atoms with Crippen molar-refractivity contribution in [3.05, 3.63) is 35.9 Å². The molecule has 3 nitrogen and oxygen atoms in total. The number of nitrogens with zero attached hydrogens (tertiary/aromatic N) is 1. The van der Waals surface area contributed by atoms with Crippen molar-refractivity contribution in [1.29, 1.82) is 0 Å². The van der Waals surface area contributed by atoms with Gasteiger partial charge in [-0.25, -0.2) is 0 Å². The molecular weight excluding hydrogens is 238 g/mol. The van der Waals surface area contributed by atoms with E-state index in [9.17, 15) is 5.11 Å². The van der Waals surface area contributed by atoms with E-state index in [4.69, 9.17) is 4.74 Å². The molecular formula is C16H27NO2. The van der Waals surface area contributed by atoms with Crippen molar-refractivity contribution in [3.8, 4) is 0 Å². The molecule has 0 saturated carbocycles. The van der Waals surface area contributed by atoms with Gasteiger partial charge in [0.25, 0.3) is 0 Å². The van der Waals surface area contributed by atoms with Gasteiger partial charge in [0.15, 0.2) is 0 Å². The molecule has 0 aliphatic rings. The van der Waals surface area contributed by atoms with E-state index >= 15 is 0 Å². The molecule has 0 heterocycles. The van der Waals surface area contributed by atoms with Crippen LogP contribution in [0.1, 0.15) is 26.3 Å². The first-order valence-electron chi connectivity index (χ1n) is 6.91. The summed E-state index contributed by atoms with van der Waals surface area (Å²) in [5, 5.41) is 9.91. The zero-order chi connectivity index (χ0) is 14.3. The molecule has 0 radical (unpaired) electrons. The van der Waals surface area contributed by atoms with Gasteiger partial charge in [-0.3, -0.25) is 0 Å². The molecule has 1 atom stereocenters. The second kappa shape index (κ2) is 7.63. The molecule has 19 heavy (non-hydrogen) atoms. The Morgan fingerprint density at radius 3 is 2.42 bits per heavy atom. The number of ether oxygens (including phenoxy) is 1. The maximum Gasteiger partial charge on any atom is 0.0900 e. The Morgan fingerprint density at radius 2 is 1.84 bits per heavy atom. The highest BCUT2D eigenvalue weighted by atomic mass is 16.5. The third-order valence-corrected chi connectivity index (χ3v) is 2.86. The van der Waals surface area contributed by atoms with Crippen molar-refractivity contribution < 1.29 is 9.84 Å². The van der Waals surface area contributed by atoms with Crippen LogP contribution in [0.15, 0.2) is 30.3 Å². The number of hydrogen-bond donors (Lipinski definition) is 1. The number of aliphatic hydroxyl groups is 1. The largest absolute Gasteiger partial charge is 0.389 e. The summed E-state index contributed by atoms with van der Waals surface area (Å²) in [6, 6.07) is 10.4. The lowest BCUT2D eigenvalue weighted by Gasteiger charge is -2.25. The first-order valence-corrected chi connectivity index (χ1v) is 6.91. The molecule has 0 saturated heterocycles. The molecule has 0 aliphatic heterocycles. The van der Waals surface area contributed by atoms with Crippen molar-refractivity contribution >= 4 is 0 Å². The van der Waals surface area contributed by atoms with Crippen LogP contribution in [0.2, 0.25) is 0 Å². The smallest absolute Gasteiger partial charge is 0.0900 e. The van der Waals surface area contributed by atoms with Gasteiger partial charge in [0.05, 0.1) is 18.3 Å². The van der Waals surface area contributed by atoms with Gasteiger partial charge in [-0.2, -0.15) is 0 Å². The van der Waals surface area contributed by atoms with Gasteiger partial charge in [-0.1, -0.05) is 30.3 Å². The van der Waals surface area contributed by atoms with Crippen LogP contribution >= 0.6 is 0 Å². The number of likely N-dealkylation sites (N-methyl/N-ethyl adjacent to an activating group) is 1. The van der Waals surface area contributed by atoms with Crippen LogP contribution in [0.25, 0.3) is 0 Å². The Bertz CT molecular complexity index is 346. The van der Waals surface area contributed by atoms with E-state index < -0.39 is 6.10 Å². The molecule has 1 aromatic carbocycles. The highest BCUT2D eigenvalue weighted by molar-refractivity contribution is 5.14. The predicted molar refractivity (Wildman–Crippen MR) is 79.4 cm³/mol. The molecule has 1 rings (SSSR count). The Kier molecular flexibility index (Phi) is 6.49. The monoisotopic (exact) mass is 265 g/mol. The molecule has 1 N–H and O–H groups in total. The second-order valence-electron chi connectivity index (χ2n) is 6.08. The fourth-order valence-corrected chi connectivity index (χ4v) is 1.81. The van der Waals surface area contributed by atoms with E-state index in [0.717, 1.165) is 13.0 Å². The fraction of sp³-hybridized carbons (Fsp3) is 0.625. The van der Waals surface area contributed by atoms with Gasteiger partial charge in [-0.15, -0.1) is 0 Å². The standard InChI is InChI=1S/C16H27NO2/c1-16(2,3)19-13-15(18)12-17(4)11-10-14-8-6-5-7-9-14/h5-9,15,18H,10-13H2,1-4H3. The van der Waals surface area contributed by atoms with Gasteiger partial charge in [0.1, 0.15) is 0 Å². The van der Waals surface area contributed by atoms with E-state index in [0.29, 0.717) is 13.2 Å². The van der Waals surface area contributed by atoms with E-state index in [1.165, 1.54) is 5.56 Å². The van der Waals surface area contributed by atoms with Gasteiger partial charge in [0.2, 0.25) is 0 Å². The lowest BCUT2D eigenvalue weighted by molar-refractivity contribution is -0.0545. The Hall–Kier alpha value is -0.900. The summed E-state index contributed by atoms with van der Waals surface area (Å²) in [6.45, 7) is 7.97. The molecule has 0 aromatic heterocycles. The minimum atomic E-state index is -0.431. The number of aliphatic hydroxyl groups excluding tert-OH is 1. The Balaban J connectivity index is 2.21. The molecule has 108 valence electrons. The van der Waals surface area contributed by atoms with Gasteiger partial charge >= 0.3 is 0 Å². The summed E-state index contributed by atoms with van der Waals surface area (Å²) in [5.41, 5.74) is 1.14. The van der Waals surface area contributed by atoms with Crippen LogP contribution in [-0.4, -0.2) is 48.5 Å². The summed E-state index contributed by atoms with van der Waals surface area (Å²) in [6.07, 6.45) is 0.574. The SMILES string of the molecule is CN(CCc1ccccc1)CC(O)COC(C)(C)C. The molecule has 0 fully saturated rings. The molecule has 0 bridgehead atoms. The highest BCUT2D eigenvalue weighted by Gasteiger charge is 2.14. The third-order valence-electron chi connectivity index (χ3n) is 2.86. The van der Waals surface area contributed by atoms with Crippen molar-refractivity contribution in [1.82, 2.24) is 4.90 Å². The van der Waals surface area contributed by atoms with Crippen LogP contribution < -0.4 is 0 Å². The third kappa shape index (κ3) is 7.98. The quantitative estimate of drug-likeness (QED) is 0.821. The van der Waals surface area contributed by atoms with Gasteiger partial charge in [-0.05, 0) is 39.8 Å². The number of hydrogen-bond acceptors (Lipinski definition) is 3. The average Bonchev–Trinajstić information content (AvgIpc) is 2.34. The van der Waals surface area contributed by atoms with E-state index in [-0.39, 0.29) is 5.60 Å². The first-order chi connectivity index (χ1) is 8.87. The zero-order valence-electron chi connectivity index (χ0n) is 12.6. The molecule has 1 unspecified atom stereocenters. The Morgan fingerprint density at radius 1 is 1.21 bits per heavy atom. The van der Waals surface area contributed by atoms with Crippen molar-refractivity contribution in [3.63, 3.8) is 0 Å². The van der Waals surface area contributed by atoms with Gasteiger partial charge in [0, 0.05) is 13.1 Å². The van der Waals surface area contributed by atoms with E-state index in [1.807, 2.05) is 33.9 Å². The zero-order valence-corrected chi connectivity index (χ0v) is 12.6. The lowest BCUT2D eigenvalue weighted by Crippen LogP contribution is -2.35. The normalized spacial score (nSPS) is 13.8. The fourth-order valence-electron chi connectivity index (χ4n) is 1.81. The van der Waals surface area contributed by atoms with Crippen molar-refractivity contribution in [2.75, 3.05) is 26.7 Å². The van der Waals surface area contributed by atoms with Crippen molar-refractivity contribution in [2.24, 2.45) is 0 Å². The first kappa shape index (κ1) is 16.2. The number of rotatable bonds is 7. The summed E-state index contributed by atoms with van der Waals surface area (Å²) < 4.78 is 5.58. The van der Waals surface area contributed by atoms with Crippen LogP contribution in [0.5, 0.6) is 0 Å². The maximum absolute atomic E-state index is 9.91. The van der Waals surface area contributed by atoms with Crippen LogP contribution in [-0.2, 0) is 11.2 Å². The van der Waals surface area contributed by atoms with Crippen LogP contribution in [0.3, 0.4) is 0 Å². The summed E-state index contributed by atoms with van der Waals surface area (Å²) in [7, 11) is 2.03. The van der Waals surface area contributed by atoms with E-state index in [2.05, 4.69) is 29.2 Å². The molecule has 1 aromatic rings. The van der Waals surface area contributed by atoms with Crippen LogP contribution in [0, 0.1) is 0 Å². The molecule has 0 amide bonds. The topological polar surface area (TPSA) is 32.7 Å². The number of benzene rings is 1. The van der Waals surface area contributed by atoms with Crippen LogP contribution in [0.4, 0.5) is 0 Å². The summed E-state index contributed by atoms with van der Waals surface area (Å²) in [5.74, 6) is 0. The lowest BCUT2D eigenvalue weighted by atomic mass is 10.1. The second-order valence-corrected chi connectivity index (χ2v) is 6.08. The molecule has 0 aliphatic carbocycles. The summed E-state index contributed by atoms with van der Waals surface area (Å²) >= 11 is 0. The Labute approximate surface area is 117 Å². The molecule has 3 heteroatoms. The highest BCUT2D eigenvalue weighted by Crippen LogP contribution is 2.07. The maximum atomic E-state index is 9.91. The average molecular weight is 265 g/mol.